The summed E-state index contributed by atoms with van der Waals surface area (Å²) < 4.78 is 18.9. The zero-order valence-corrected chi connectivity index (χ0v) is 18.3. The average Bonchev–Trinajstić information content (AvgIpc) is 3.25. The molecule has 1 fully saturated rings. The molecule has 0 amide bonds. The second-order valence-corrected chi connectivity index (χ2v) is 8.49. The van der Waals surface area contributed by atoms with E-state index in [1.54, 1.807) is 20.2 Å². The number of nitrogens with zero attached hydrogens (tertiary/aromatic N) is 2. The highest BCUT2D eigenvalue weighted by atomic mass is 32.1. The van der Waals surface area contributed by atoms with Crippen LogP contribution >= 0.6 is 11.3 Å². The maximum absolute atomic E-state index is 13.8. The van der Waals surface area contributed by atoms with Crippen molar-refractivity contribution in [2.45, 2.75) is 32.0 Å². The van der Waals surface area contributed by atoms with Gasteiger partial charge in [-0.1, -0.05) is 12.1 Å². The highest BCUT2D eigenvalue weighted by molar-refractivity contribution is 7.10. The van der Waals surface area contributed by atoms with Crippen molar-refractivity contribution in [1.82, 2.24) is 15.5 Å². The molecule has 3 rings (SSSR count). The van der Waals surface area contributed by atoms with Crippen molar-refractivity contribution < 1.29 is 9.13 Å². The fourth-order valence-electron chi connectivity index (χ4n) is 4.02. The number of halogens is 1. The molecule has 0 saturated carbocycles. The summed E-state index contributed by atoms with van der Waals surface area (Å²) in [6, 6.07) is 9.94. The summed E-state index contributed by atoms with van der Waals surface area (Å²) in [6.07, 6.45) is 2.42. The van der Waals surface area contributed by atoms with E-state index in [-0.39, 0.29) is 12.4 Å². The van der Waals surface area contributed by atoms with Crippen molar-refractivity contribution in [1.29, 1.82) is 0 Å². The second kappa shape index (κ2) is 10.7. The highest BCUT2D eigenvalue weighted by Gasteiger charge is 2.31. The number of rotatable bonds is 7. The molecule has 1 aromatic heterocycles. The van der Waals surface area contributed by atoms with Gasteiger partial charge in [0.25, 0.3) is 0 Å². The Kier molecular flexibility index (Phi) is 8.03. The molecule has 1 saturated heterocycles. The van der Waals surface area contributed by atoms with E-state index >= 15 is 0 Å². The van der Waals surface area contributed by atoms with E-state index < -0.39 is 0 Å². The standard InChI is InChI=1S/C22H31FN4OS/c1-24-22(25-13-16-8-9-19(23)18(12-16)15-28-3)26-14-17-6-4-10-27(2)21(17)20-7-5-11-29-20/h5,7-9,11-12,17,21H,4,6,10,13-15H2,1-3H3,(H2,24,25,26). The molecule has 2 N–H and O–H groups in total. The minimum atomic E-state index is -0.237. The van der Waals surface area contributed by atoms with Gasteiger partial charge in [-0.25, -0.2) is 4.39 Å². The van der Waals surface area contributed by atoms with Crippen LogP contribution in [0.1, 0.15) is 34.9 Å². The lowest BCUT2D eigenvalue weighted by Gasteiger charge is -2.39. The Labute approximate surface area is 177 Å². The molecule has 2 unspecified atom stereocenters. The molecule has 1 aliphatic rings. The molecule has 5 nitrogen and oxygen atoms in total. The molecule has 1 aromatic carbocycles. The maximum atomic E-state index is 13.8. The summed E-state index contributed by atoms with van der Waals surface area (Å²) in [6.45, 7) is 2.85. The molecule has 29 heavy (non-hydrogen) atoms. The first-order valence-corrected chi connectivity index (χ1v) is 10.9. The number of guanidine groups is 1. The summed E-state index contributed by atoms with van der Waals surface area (Å²) in [5.74, 6) is 1.06. The monoisotopic (exact) mass is 418 g/mol. The first-order valence-electron chi connectivity index (χ1n) is 10.1. The Morgan fingerprint density at radius 1 is 1.34 bits per heavy atom. The Balaban J connectivity index is 1.57. The molecule has 2 heterocycles. The number of nitrogens with one attached hydrogen (secondary N) is 2. The number of hydrogen-bond acceptors (Lipinski definition) is 4. The summed E-state index contributed by atoms with van der Waals surface area (Å²) in [7, 11) is 5.57. The van der Waals surface area contributed by atoms with Gasteiger partial charge in [0.05, 0.1) is 6.61 Å². The number of aliphatic imine (C=N–C) groups is 1. The minimum Gasteiger partial charge on any atom is -0.380 e. The summed E-state index contributed by atoms with van der Waals surface area (Å²) >= 11 is 1.83. The predicted molar refractivity (Wildman–Crippen MR) is 118 cm³/mol. The van der Waals surface area contributed by atoms with Crippen LogP contribution in [-0.4, -0.2) is 45.2 Å². The normalized spacial score (nSPS) is 20.6. The molecule has 0 bridgehead atoms. The van der Waals surface area contributed by atoms with E-state index in [0.717, 1.165) is 24.6 Å². The third-order valence-corrected chi connectivity index (χ3v) is 6.41. The number of benzene rings is 1. The van der Waals surface area contributed by atoms with Crippen LogP contribution in [0.5, 0.6) is 0 Å². The van der Waals surface area contributed by atoms with E-state index in [1.807, 2.05) is 17.4 Å². The van der Waals surface area contributed by atoms with Crippen LogP contribution < -0.4 is 10.6 Å². The second-order valence-electron chi connectivity index (χ2n) is 7.51. The van der Waals surface area contributed by atoms with Gasteiger partial charge in [0.1, 0.15) is 5.82 Å². The van der Waals surface area contributed by atoms with E-state index in [4.69, 9.17) is 4.74 Å². The van der Waals surface area contributed by atoms with Crippen molar-refractivity contribution in [3.8, 4) is 0 Å². The van der Waals surface area contributed by atoms with E-state index in [0.29, 0.717) is 24.1 Å². The van der Waals surface area contributed by atoms with Crippen LogP contribution in [-0.2, 0) is 17.9 Å². The molecule has 2 atom stereocenters. The maximum Gasteiger partial charge on any atom is 0.191 e. The minimum absolute atomic E-state index is 0.237. The van der Waals surface area contributed by atoms with Crippen molar-refractivity contribution in [3.05, 3.63) is 57.5 Å². The zero-order valence-electron chi connectivity index (χ0n) is 17.5. The number of hydrogen-bond donors (Lipinski definition) is 2. The Morgan fingerprint density at radius 2 is 2.21 bits per heavy atom. The van der Waals surface area contributed by atoms with Crippen LogP contribution in [0, 0.1) is 11.7 Å². The molecule has 0 spiro atoms. The molecule has 1 aliphatic heterocycles. The first kappa shape index (κ1) is 21.7. The van der Waals surface area contributed by atoms with Crippen molar-refractivity contribution in [2.24, 2.45) is 10.9 Å². The Morgan fingerprint density at radius 3 is 2.93 bits per heavy atom. The van der Waals surface area contributed by atoms with Gasteiger partial charge in [-0.15, -0.1) is 11.3 Å². The molecule has 2 aromatic rings. The van der Waals surface area contributed by atoms with Gasteiger partial charge < -0.3 is 15.4 Å². The van der Waals surface area contributed by atoms with Gasteiger partial charge in [0.15, 0.2) is 5.96 Å². The van der Waals surface area contributed by atoms with E-state index in [1.165, 1.54) is 23.8 Å². The first-order chi connectivity index (χ1) is 14.1. The zero-order chi connectivity index (χ0) is 20.6. The predicted octanol–water partition coefficient (Wildman–Crippen LogP) is 3.78. The number of methoxy groups -OCH3 is 1. The molecule has 158 valence electrons. The molecule has 0 aliphatic carbocycles. The lowest BCUT2D eigenvalue weighted by atomic mass is 9.88. The fraction of sp³-hybridized carbons (Fsp3) is 0.500. The molecule has 0 radical (unpaired) electrons. The van der Waals surface area contributed by atoms with Crippen LogP contribution in [0.3, 0.4) is 0 Å². The lowest BCUT2D eigenvalue weighted by Crippen LogP contribution is -2.44. The lowest BCUT2D eigenvalue weighted by molar-refractivity contribution is 0.125. The third kappa shape index (κ3) is 5.78. The SMILES string of the molecule is CN=C(NCc1ccc(F)c(COC)c1)NCC1CCCN(C)C1c1cccs1. The van der Waals surface area contributed by atoms with Gasteiger partial charge >= 0.3 is 0 Å². The van der Waals surface area contributed by atoms with Crippen molar-refractivity contribution in [3.63, 3.8) is 0 Å². The topological polar surface area (TPSA) is 48.9 Å². The number of ether oxygens (including phenoxy) is 1. The van der Waals surface area contributed by atoms with Crippen molar-refractivity contribution >= 4 is 17.3 Å². The summed E-state index contributed by atoms with van der Waals surface area (Å²) in [5.41, 5.74) is 1.56. The number of piperidine rings is 1. The fourth-order valence-corrected chi connectivity index (χ4v) is 5.00. The molecular formula is C22H31FN4OS. The van der Waals surface area contributed by atoms with Gasteiger partial charge in [-0.3, -0.25) is 9.89 Å². The molecule has 7 heteroatoms. The van der Waals surface area contributed by atoms with Crippen LogP contribution in [0.2, 0.25) is 0 Å². The van der Waals surface area contributed by atoms with E-state index in [9.17, 15) is 4.39 Å². The molecular weight excluding hydrogens is 387 g/mol. The van der Waals surface area contributed by atoms with Gasteiger partial charge in [0, 0.05) is 43.7 Å². The third-order valence-electron chi connectivity index (χ3n) is 5.47. The van der Waals surface area contributed by atoms with Crippen LogP contribution in [0.4, 0.5) is 4.39 Å². The number of likely N-dealkylation sites (tertiary alicyclic amines) is 1. The average molecular weight is 419 g/mol. The van der Waals surface area contributed by atoms with Crippen LogP contribution in [0.15, 0.2) is 40.7 Å². The quantitative estimate of drug-likeness (QED) is 0.531. The highest BCUT2D eigenvalue weighted by Crippen LogP contribution is 2.36. The Hall–Kier alpha value is -1.96. The summed E-state index contributed by atoms with van der Waals surface area (Å²) in [4.78, 5) is 8.25. The van der Waals surface area contributed by atoms with Crippen LogP contribution in [0.25, 0.3) is 0 Å². The Bertz CT molecular complexity index is 796. The number of thiophene rings is 1. The largest absolute Gasteiger partial charge is 0.380 e. The van der Waals surface area contributed by atoms with Gasteiger partial charge in [0.2, 0.25) is 0 Å². The van der Waals surface area contributed by atoms with Gasteiger partial charge in [-0.05, 0) is 61.5 Å². The summed E-state index contributed by atoms with van der Waals surface area (Å²) in [5, 5.41) is 8.99. The van der Waals surface area contributed by atoms with Gasteiger partial charge in [-0.2, -0.15) is 0 Å². The van der Waals surface area contributed by atoms with Crippen molar-refractivity contribution in [2.75, 3.05) is 34.3 Å². The smallest absolute Gasteiger partial charge is 0.191 e. The van der Waals surface area contributed by atoms with E-state index in [2.05, 4.69) is 45.1 Å².